The van der Waals surface area contributed by atoms with E-state index in [0.29, 0.717) is 0 Å². The van der Waals surface area contributed by atoms with Crippen molar-refractivity contribution in [3.8, 4) is 0 Å². The Morgan fingerprint density at radius 1 is 1.54 bits per heavy atom. The minimum atomic E-state index is -1.03. The molecule has 5 nitrogen and oxygen atoms in total. The molecule has 1 unspecified atom stereocenters. The molecule has 0 bridgehead atoms. The number of amides is 1. The fraction of sp³-hybridized carbons (Fsp3) is 0.500. The van der Waals surface area contributed by atoms with Gasteiger partial charge in [-0.25, -0.2) is 4.79 Å². The summed E-state index contributed by atoms with van der Waals surface area (Å²) >= 11 is 7.41. The number of esters is 1. The first-order valence-corrected chi connectivity index (χ1v) is 4.39. The molecule has 1 rings (SSSR count). The summed E-state index contributed by atoms with van der Waals surface area (Å²) in [5, 5.41) is 1.65. The third-order valence-corrected chi connectivity index (χ3v) is 2.10. The van der Waals surface area contributed by atoms with Gasteiger partial charge in [0.15, 0.2) is 0 Å². The first-order valence-electron chi connectivity index (χ1n) is 3.43. The molecule has 1 amide bonds. The maximum atomic E-state index is 10.9. The van der Waals surface area contributed by atoms with Crippen LogP contribution in [0.15, 0.2) is 0 Å². The van der Waals surface area contributed by atoms with Gasteiger partial charge in [0, 0.05) is 6.42 Å². The van der Waals surface area contributed by atoms with Crippen molar-refractivity contribution in [2.45, 2.75) is 17.9 Å². The van der Waals surface area contributed by atoms with E-state index in [1.807, 2.05) is 0 Å². The van der Waals surface area contributed by atoms with E-state index in [1.165, 1.54) is 0 Å². The number of thiol groups is 2. The van der Waals surface area contributed by atoms with Gasteiger partial charge in [-0.3, -0.25) is 9.59 Å². The van der Waals surface area contributed by atoms with Gasteiger partial charge in [-0.05, 0) is 0 Å². The third-order valence-electron chi connectivity index (χ3n) is 1.47. The summed E-state index contributed by atoms with van der Waals surface area (Å²) in [5.41, 5.74) is -0.757. The highest BCUT2D eigenvalue weighted by Gasteiger charge is 2.31. The van der Waals surface area contributed by atoms with Crippen molar-refractivity contribution in [2.75, 3.05) is 0 Å². The van der Waals surface area contributed by atoms with Gasteiger partial charge >= 0.3 is 11.9 Å². The van der Waals surface area contributed by atoms with Crippen LogP contribution >= 0.6 is 25.3 Å². The lowest BCUT2D eigenvalue weighted by Gasteiger charge is -2.11. The van der Waals surface area contributed by atoms with Gasteiger partial charge in [0.05, 0.1) is 0 Å². The van der Waals surface area contributed by atoms with Crippen molar-refractivity contribution in [3.63, 3.8) is 0 Å². The van der Waals surface area contributed by atoms with E-state index in [2.05, 4.69) is 35.3 Å². The normalized spacial score (nSPS) is 28.8. The molecule has 0 aromatic rings. The molecule has 1 aliphatic heterocycles. The summed E-state index contributed by atoms with van der Waals surface area (Å²) in [6.07, 6.45) is 0.128. The Balaban J connectivity index is 2.76. The van der Waals surface area contributed by atoms with Crippen LogP contribution < -0.4 is 5.32 Å². The topological polar surface area (TPSA) is 72.5 Å². The van der Waals surface area contributed by atoms with Gasteiger partial charge < -0.3 is 10.1 Å². The van der Waals surface area contributed by atoms with Crippen LogP contribution in [0.1, 0.15) is 6.42 Å². The largest absolute Gasteiger partial charge is 0.444 e. The maximum absolute atomic E-state index is 10.9. The van der Waals surface area contributed by atoms with Gasteiger partial charge in [-0.15, -0.1) is 25.3 Å². The number of carbonyl (C=O) groups excluding carboxylic acids is 3. The van der Waals surface area contributed by atoms with E-state index in [1.54, 1.807) is 0 Å². The number of cyclic esters (lactones) is 1. The Kier molecular flexibility index (Phi) is 3.21. The highest BCUT2D eigenvalue weighted by atomic mass is 32.1. The first-order chi connectivity index (χ1) is 6.00. The summed E-state index contributed by atoms with van der Waals surface area (Å²) < 4.78 is 4.53. The van der Waals surface area contributed by atoms with Crippen LogP contribution in [-0.2, 0) is 19.1 Å². The van der Waals surface area contributed by atoms with Crippen LogP contribution in [0.25, 0.3) is 0 Å². The molecule has 0 radical (unpaired) electrons. The molecule has 1 saturated heterocycles. The third kappa shape index (κ3) is 2.63. The van der Waals surface area contributed by atoms with Crippen molar-refractivity contribution in [1.82, 2.24) is 5.32 Å². The van der Waals surface area contributed by atoms with E-state index in [4.69, 9.17) is 0 Å². The minimum Gasteiger partial charge on any atom is -0.444 e. The van der Waals surface area contributed by atoms with E-state index >= 15 is 0 Å². The molecule has 1 fully saturated rings. The number of nitrogens with one attached hydrogen (secondary N) is 1. The van der Waals surface area contributed by atoms with E-state index in [9.17, 15) is 14.4 Å². The smallest absolute Gasteiger partial charge is 0.397 e. The molecule has 0 aromatic heterocycles. The molecule has 1 aliphatic rings. The summed E-state index contributed by atoms with van der Waals surface area (Å²) in [6.45, 7) is 0. The second kappa shape index (κ2) is 4.01. The molecule has 72 valence electrons. The molecule has 0 saturated carbocycles. The van der Waals surface area contributed by atoms with Crippen molar-refractivity contribution in [3.05, 3.63) is 0 Å². The van der Waals surface area contributed by atoms with E-state index in [-0.39, 0.29) is 6.42 Å². The summed E-state index contributed by atoms with van der Waals surface area (Å²) in [7, 11) is 0. The number of hydrogen-bond donors (Lipinski definition) is 3. The van der Waals surface area contributed by atoms with Crippen LogP contribution in [-0.4, -0.2) is 28.5 Å². The van der Waals surface area contributed by atoms with E-state index < -0.39 is 28.5 Å². The van der Waals surface area contributed by atoms with Crippen molar-refractivity contribution < 1.29 is 19.1 Å². The molecule has 7 heteroatoms. The zero-order valence-electron chi connectivity index (χ0n) is 6.39. The predicted molar refractivity (Wildman–Crippen MR) is 49.4 cm³/mol. The SMILES string of the molecule is O=C1N[C@H](C(=O)S)CC(S)OC1=O. The van der Waals surface area contributed by atoms with Crippen LogP contribution in [0.5, 0.6) is 0 Å². The summed E-state index contributed by atoms with van der Waals surface area (Å²) in [6, 6.07) is -0.815. The average Bonchev–Trinajstić information content (AvgIpc) is 2.12. The monoisotopic (exact) mass is 221 g/mol. The molecular weight excluding hydrogens is 214 g/mol. The lowest BCUT2D eigenvalue weighted by Crippen LogP contribution is -2.40. The molecule has 1 heterocycles. The Morgan fingerprint density at radius 3 is 2.69 bits per heavy atom. The van der Waals surface area contributed by atoms with Gasteiger partial charge in [-0.2, -0.15) is 0 Å². The molecule has 0 aromatic carbocycles. The molecule has 0 aliphatic carbocycles. The first kappa shape index (κ1) is 10.4. The fourth-order valence-electron chi connectivity index (χ4n) is 0.865. The van der Waals surface area contributed by atoms with Crippen molar-refractivity contribution >= 4 is 42.2 Å². The van der Waals surface area contributed by atoms with Crippen LogP contribution in [0.3, 0.4) is 0 Å². The Hall–Kier alpha value is -0.690. The number of hydrogen-bond acceptors (Lipinski definition) is 5. The standard InChI is InChI=1S/C6H7NO4S2/c8-4-5(9)11-3(12)1-2(7-4)6(10)13/h2-3,12H,1H2,(H,7,8)(H,10,13)/t2-,3?/m0/s1. The predicted octanol–water partition coefficient (Wildman–Crippen LogP) is -0.870. The second-order valence-corrected chi connectivity index (χ2v) is 3.48. The Morgan fingerprint density at radius 2 is 2.15 bits per heavy atom. The van der Waals surface area contributed by atoms with E-state index in [0.717, 1.165) is 0 Å². The highest BCUT2D eigenvalue weighted by Crippen LogP contribution is 2.12. The number of carbonyl (C=O) groups is 3. The van der Waals surface area contributed by atoms with Gasteiger partial charge in [0.2, 0.25) is 5.12 Å². The maximum Gasteiger partial charge on any atom is 0.397 e. The van der Waals surface area contributed by atoms with Crippen LogP contribution in [0.4, 0.5) is 0 Å². The second-order valence-electron chi connectivity index (χ2n) is 2.46. The Labute approximate surface area is 85.0 Å². The average molecular weight is 221 g/mol. The summed E-state index contributed by atoms with van der Waals surface area (Å²) in [4.78, 5) is 32.4. The lowest BCUT2D eigenvalue weighted by atomic mass is 10.2. The van der Waals surface area contributed by atoms with Gasteiger partial charge in [0.1, 0.15) is 11.5 Å². The molecule has 13 heavy (non-hydrogen) atoms. The van der Waals surface area contributed by atoms with Crippen LogP contribution in [0.2, 0.25) is 0 Å². The molecular formula is C6H7NO4S2. The fourth-order valence-corrected chi connectivity index (χ4v) is 1.34. The highest BCUT2D eigenvalue weighted by molar-refractivity contribution is 7.96. The summed E-state index contributed by atoms with van der Waals surface area (Å²) in [5.74, 6) is -1.97. The lowest BCUT2D eigenvalue weighted by molar-refractivity contribution is -0.154. The molecule has 0 spiro atoms. The number of rotatable bonds is 1. The number of ether oxygens (including phenoxy) is 1. The quantitative estimate of drug-likeness (QED) is 0.306. The van der Waals surface area contributed by atoms with Crippen molar-refractivity contribution in [1.29, 1.82) is 0 Å². The van der Waals surface area contributed by atoms with Gasteiger partial charge in [0.25, 0.3) is 0 Å². The van der Waals surface area contributed by atoms with Crippen LogP contribution in [0, 0.1) is 0 Å². The zero-order valence-corrected chi connectivity index (χ0v) is 8.18. The molecule has 2 atom stereocenters. The van der Waals surface area contributed by atoms with Gasteiger partial charge in [-0.1, -0.05) is 0 Å². The Bertz CT molecular complexity index is 267. The minimum absolute atomic E-state index is 0.128. The zero-order chi connectivity index (χ0) is 10.0. The van der Waals surface area contributed by atoms with Crippen molar-refractivity contribution in [2.24, 2.45) is 0 Å². The molecule has 1 N–H and O–H groups in total.